The van der Waals surface area contributed by atoms with Crippen LogP contribution < -0.4 is 0 Å². The fraction of sp³-hybridized carbons (Fsp3) is 0.875. The molecule has 0 aliphatic carbocycles. The van der Waals surface area contributed by atoms with E-state index in [1.54, 1.807) is 13.8 Å². The van der Waals surface area contributed by atoms with Crippen LogP contribution in [0, 0.1) is 0 Å². The number of carboxylic acids is 1. The molecule has 0 amide bonds. The van der Waals surface area contributed by atoms with Gasteiger partial charge in [-0.3, -0.25) is 4.79 Å². The number of aliphatic carboxylic acids is 1. The summed E-state index contributed by atoms with van der Waals surface area (Å²) in [5, 5.41) is 7.34. The second-order valence-corrected chi connectivity index (χ2v) is 4.46. The van der Waals surface area contributed by atoms with Gasteiger partial charge in [-0.15, -0.1) is 0 Å². The van der Waals surface area contributed by atoms with E-state index in [9.17, 15) is 13.9 Å². The smallest absolute Gasteiger partial charge is 0.333 e. The molecular formula is C8H15O4P. The van der Waals surface area contributed by atoms with Crippen LogP contribution in [0.1, 0.15) is 39.5 Å². The first-order valence-electron chi connectivity index (χ1n) is 4.39. The molecule has 0 aromatic rings. The van der Waals surface area contributed by atoms with Crippen LogP contribution in [0.15, 0.2) is 0 Å². The van der Waals surface area contributed by atoms with Crippen molar-refractivity contribution >= 4 is 13.6 Å². The summed E-state index contributed by atoms with van der Waals surface area (Å²) in [7, 11) is -2.90. The summed E-state index contributed by atoms with van der Waals surface area (Å²) in [5.74, 6) is -1.22. The first kappa shape index (κ1) is 12.4. The minimum atomic E-state index is -2.90. The standard InChI is InChI=1S/C8H15O4P/c1-3-5-8(6-4-2,7(9)10)13(11)12/h3-6H2,1-2H3,(H,9,10). The second-order valence-electron chi connectivity index (χ2n) is 3.09. The van der Waals surface area contributed by atoms with Crippen LogP contribution in [-0.2, 0) is 13.9 Å². The Balaban J connectivity index is 4.92. The topological polar surface area (TPSA) is 71.4 Å². The molecule has 0 aliphatic rings. The summed E-state index contributed by atoms with van der Waals surface area (Å²) in [5.41, 5.74) is 0. The van der Waals surface area contributed by atoms with Crippen molar-refractivity contribution in [3.8, 4) is 0 Å². The van der Waals surface area contributed by atoms with Gasteiger partial charge >= 0.3 is 13.6 Å². The summed E-state index contributed by atoms with van der Waals surface area (Å²) in [6.07, 6.45) is 1.54. The number of carbonyl (C=O) groups is 1. The Morgan fingerprint density at radius 2 is 1.62 bits per heavy atom. The molecule has 4 nitrogen and oxygen atoms in total. The van der Waals surface area contributed by atoms with Gasteiger partial charge in [-0.05, 0) is 12.8 Å². The van der Waals surface area contributed by atoms with Gasteiger partial charge < -0.3 is 5.11 Å². The molecule has 0 saturated carbocycles. The first-order valence-corrected chi connectivity index (χ1v) is 5.57. The molecule has 0 fully saturated rings. The van der Waals surface area contributed by atoms with Gasteiger partial charge in [-0.1, -0.05) is 26.7 Å². The molecule has 5 heteroatoms. The molecule has 0 radical (unpaired) electrons. The molecule has 0 saturated heterocycles. The Labute approximate surface area is 78.2 Å². The molecule has 76 valence electrons. The lowest BCUT2D eigenvalue weighted by molar-refractivity contribution is -0.140. The Morgan fingerprint density at radius 3 is 1.77 bits per heavy atom. The van der Waals surface area contributed by atoms with Crippen LogP contribution in [0.5, 0.6) is 0 Å². The number of carboxylic acid groups (broad SMARTS) is 1. The van der Waals surface area contributed by atoms with E-state index in [0.717, 1.165) is 0 Å². The molecule has 1 N–H and O–H groups in total. The highest BCUT2D eigenvalue weighted by atomic mass is 31.1. The van der Waals surface area contributed by atoms with Crippen LogP contribution in [0.25, 0.3) is 0 Å². The normalized spacial score (nSPS) is 11.2. The maximum Gasteiger partial charge on any atom is 0.333 e. The van der Waals surface area contributed by atoms with E-state index in [4.69, 9.17) is 5.11 Å². The van der Waals surface area contributed by atoms with Crippen LogP contribution in [-0.4, -0.2) is 16.2 Å². The minimum Gasteiger partial charge on any atom is -0.480 e. The van der Waals surface area contributed by atoms with Gasteiger partial charge in [-0.25, -0.2) is 9.13 Å². The lowest BCUT2D eigenvalue weighted by Crippen LogP contribution is -2.33. The third kappa shape index (κ3) is 2.66. The van der Waals surface area contributed by atoms with Crippen molar-refractivity contribution in [2.24, 2.45) is 0 Å². The van der Waals surface area contributed by atoms with E-state index in [-0.39, 0.29) is 12.8 Å². The SMILES string of the molecule is CCCC(CCC)(C(=O)O)P(=O)=O. The van der Waals surface area contributed by atoms with E-state index in [0.29, 0.717) is 12.8 Å². The Hall–Kier alpha value is -0.630. The number of hydrogen-bond acceptors (Lipinski definition) is 3. The molecule has 0 spiro atoms. The van der Waals surface area contributed by atoms with E-state index in [2.05, 4.69) is 0 Å². The minimum absolute atomic E-state index is 0.203. The molecule has 0 bridgehead atoms. The van der Waals surface area contributed by atoms with Crippen molar-refractivity contribution < 1.29 is 19.0 Å². The zero-order chi connectivity index (χ0) is 10.5. The highest BCUT2D eigenvalue weighted by Crippen LogP contribution is 2.38. The molecule has 0 aromatic carbocycles. The Kier molecular flexibility index (Phi) is 4.92. The zero-order valence-electron chi connectivity index (χ0n) is 7.95. The molecule has 0 aromatic heterocycles. The monoisotopic (exact) mass is 206 g/mol. The first-order chi connectivity index (χ1) is 6.01. The van der Waals surface area contributed by atoms with Gasteiger partial charge in [-0.2, -0.15) is 0 Å². The Bertz CT molecular complexity index is 231. The number of hydrogen-bond donors (Lipinski definition) is 1. The highest BCUT2D eigenvalue weighted by molar-refractivity contribution is 7.34. The lowest BCUT2D eigenvalue weighted by atomic mass is 9.97. The van der Waals surface area contributed by atoms with Crippen LogP contribution in [0.2, 0.25) is 0 Å². The van der Waals surface area contributed by atoms with Crippen LogP contribution >= 0.6 is 7.68 Å². The predicted molar refractivity (Wildman–Crippen MR) is 48.5 cm³/mol. The molecule has 0 atom stereocenters. The van der Waals surface area contributed by atoms with Crippen LogP contribution in [0.3, 0.4) is 0 Å². The van der Waals surface area contributed by atoms with Gasteiger partial charge in [0.25, 0.3) is 0 Å². The van der Waals surface area contributed by atoms with Crippen molar-refractivity contribution in [2.75, 3.05) is 0 Å². The van der Waals surface area contributed by atoms with Gasteiger partial charge in [0.05, 0.1) is 0 Å². The predicted octanol–water partition coefficient (Wildman–Crippen LogP) is 2.58. The molecule has 13 heavy (non-hydrogen) atoms. The molecular weight excluding hydrogens is 191 g/mol. The zero-order valence-corrected chi connectivity index (χ0v) is 8.84. The summed E-state index contributed by atoms with van der Waals surface area (Å²) in [6.45, 7) is 3.57. The molecule has 0 heterocycles. The van der Waals surface area contributed by atoms with E-state index < -0.39 is 18.8 Å². The fourth-order valence-corrected chi connectivity index (χ4v) is 2.40. The van der Waals surface area contributed by atoms with Crippen molar-refractivity contribution in [1.29, 1.82) is 0 Å². The summed E-state index contributed by atoms with van der Waals surface area (Å²) in [4.78, 5) is 10.9. The van der Waals surface area contributed by atoms with Crippen molar-refractivity contribution in [2.45, 2.75) is 44.7 Å². The van der Waals surface area contributed by atoms with E-state index in [1.807, 2.05) is 0 Å². The third-order valence-corrected chi connectivity index (χ3v) is 3.41. The average molecular weight is 206 g/mol. The van der Waals surface area contributed by atoms with Crippen LogP contribution in [0.4, 0.5) is 0 Å². The number of rotatable bonds is 6. The third-order valence-electron chi connectivity index (χ3n) is 2.07. The van der Waals surface area contributed by atoms with Gasteiger partial charge in [0, 0.05) is 0 Å². The largest absolute Gasteiger partial charge is 0.480 e. The second kappa shape index (κ2) is 5.18. The maximum absolute atomic E-state index is 10.9. The molecule has 0 aliphatic heterocycles. The summed E-state index contributed by atoms with van der Waals surface area (Å²) in [6, 6.07) is 0. The Morgan fingerprint density at radius 1 is 1.23 bits per heavy atom. The van der Waals surface area contributed by atoms with E-state index in [1.165, 1.54) is 0 Å². The summed E-state index contributed by atoms with van der Waals surface area (Å²) >= 11 is 0. The molecule has 0 unspecified atom stereocenters. The average Bonchev–Trinajstić information content (AvgIpc) is 2.03. The molecule has 0 rings (SSSR count). The van der Waals surface area contributed by atoms with Crippen molar-refractivity contribution in [3.63, 3.8) is 0 Å². The quantitative estimate of drug-likeness (QED) is 0.678. The van der Waals surface area contributed by atoms with Gasteiger partial charge in [0.2, 0.25) is 0 Å². The maximum atomic E-state index is 10.9. The lowest BCUT2D eigenvalue weighted by Gasteiger charge is -2.19. The van der Waals surface area contributed by atoms with Gasteiger partial charge in [0.15, 0.2) is 5.16 Å². The fourth-order valence-electron chi connectivity index (χ4n) is 1.43. The van der Waals surface area contributed by atoms with Crippen molar-refractivity contribution in [1.82, 2.24) is 0 Å². The summed E-state index contributed by atoms with van der Waals surface area (Å²) < 4.78 is 21.8. The van der Waals surface area contributed by atoms with E-state index >= 15 is 0 Å². The highest BCUT2D eigenvalue weighted by Gasteiger charge is 2.43. The van der Waals surface area contributed by atoms with Crippen molar-refractivity contribution in [3.05, 3.63) is 0 Å². The van der Waals surface area contributed by atoms with Gasteiger partial charge in [0.1, 0.15) is 0 Å².